The van der Waals surface area contributed by atoms with Gasteiger partial charge in [-0.25, -0.2) is 4.98 Å². The summed E-state index contributed by atoms with van der Waals surface area (Å²) >= 11 is 1.64. The summed E-state index contributed by atoms with van der Waals surface area (Å²) in [6, 6.07) is 6.88. The van der Waals surface area contributed by atoms with Gasteiger partial charge < -0.3 is 0 Å². The smallest absolute Gasteiger partial charge is 0.262 e. The number of benzene rings is 1. The van der Waals surface area contributed by atoms with E-state index in [2.05, 4.69) is 4.98 Å². The average Bonchev–Trinajstić information content (AvgIpc) is 3.21. The maximum Gasteiger partial charge on any atom is 0.262 e. The van der Waals surface area contributed by atoms with Crippen molar-refractivity contribution in [2.75, 3.05) is 6.54 Å². The van der Waals surface area contributed by atoms with Gasteiger partial charge in [-0.05, 0) is 49.8 Å². The van der Waals surface area contributed by atoms with E-state index in [-0.39, 0.29) is 17.4 Å². The van der Waals surface area contributed by atoms with Gasteiger partial charge in [0.1, 0.15) is 4.83 Å². The second-order valence-electron chi connectivity index (χ2n) is 7.30. The highest BCUT2D eigenvalue weighted by molar-refractivity contribution is 7.18. The lowest BCUT2D eigenvalue weighted by Gasteiger charge is -2.14. The molecular formula is C21H19N3O3S. The molecule has 1 aliphatic carbocycles. The average molecular weight is 393 g/mol. The number of amides is 2. The van der Waals surface area contributed by atoms with Crippen LogP contribution < -0.4 is 5.56 Å². The fourth-order valence-electron chi connectivity index (χ4n) is 4.18. The highest BCUT2D eigenvalue weighted by atomic mass is 32.1. The van der Waals surface area contributed by atoms with Gasteiger partial charge in [-0.15, -0.1) is 11.3 Å². The zero-order chi connectivity index (χ0) is 19.3. The van der Waals surface area contributed by atoms with Gasteiger partial charge in [-0.3, -0.25) is 23.9 Å². The lowest BCUT2D eigenvalue weighted by atomic mass is 9.97. The van der Waals surface area contributed by atoms with Crippen molar-refractivity contribution >= 4 is 33.4 Å². The fourth-order valence-corrected chi connectivity index (χ4v) is 5.40. The standard InChI is InChI=1S/C21H19N3O3S/c25-19-13-6-1-2-7-14(13)20(26)24(19)11-5-10-23-12-22-18-17(21(23)27)15-8-3-4-9-16(15)28-18/h1-2,6-7,12H,3-5,8-11H2. The number of carbonyl (C=O) groups excluding carboxylic acids is 2. The van der Waals surface area contributed by atoms with Crippen molar-refractivity contribution in [3.8, 4) is 0 Å². The van der Waals surface area contributed by atoms with Crippen molar-refractivity contribution in [3.63, 3.8) is 0 Å². The van der Waals surface area contributed by atoms with Crippen LogP contribution in [0.3, 0.4) is 0 Å². The molecule has 3 aromatic rings. The van der Waals surface area contributed by atoms with Crippen molar-refractivity contribution in [1.82, 2.24) is 14.5 Å². The Balaban J connectivity index is 1.35. The van der Waals surface area contributed by atoms with Gasteiger partial charge >= 0.3 is 0 Å². The molecule has 2 amide bonds. The Hall–Kier alpha value is -2.80. The summed E-state index contributed by atoms with van der Waals surface area (Å²) in [5.41, 5.74) is 2.08. The van der Waals surface area contributed by atoms with E-state index in [1.807, 2.05) is 0 Å². The summed E-state index contributed by atoms with van der Waals surface area (Å²) in [6.45, 7) is 0.721. The van der Waals surface area contributed by atoms with Gasteiger partial charge in [0.2, 0.25) is 0 Å². The first-order valence-electron chi connectivity index (χ1n) is 9.60. The van der Waals surface area contributed by atoms with Crippen LogP contribution in [0.4, 0.5) is 0 Å². The molecule has 1 aliphatic heterocycles. The number of aryl methyl sites for hydroxylation is 3. The van der Waals surface area contributed by atoms with Crippen LogP contribution in [-0.2, 0) is 19.4 Å². The van der Waals surface area contributed by atoms with Gasteiger partial charge in [-0.1, -0.05) is 12.1 Å². The molecule has 1 aromatic carbocycles. The monoisotopic (exact) mass is 393 g/mol. The predicted molar refractivity (Wildman–Crippen MR) is 107 cm³/mol. The predicted octanol–water partition coefficient (Wildman–Crippen LogP) is 3.02. The van der Waals surface area contributed by atoms with Crippen LogP contribution in [0.2, 0.25) is 0 Å². The van der Waals surface area contributed by atoms with E-state index >= 15 is 0 Å². The number of aromatic nitrogens is 2. The topological polar surface area (TPSA) is 72.3 Å². The number of thiophene rings is 1. The van der Waals surface area contributed by atoms with E-state index in [0.29, 0.717) is 30.6 Å². The molecule has 5 rings (SSSR count). The summed E-state index contributed by atoms with van der Waals surface area (Å²) in [4.78, 5) is 45.8. The molecule has 0 fully saturated rings. The third-order valence-electron chi connectivity index (χ3n) is 5.60. The third kappa shape index (κ3) is 2.61. The van der Waals surface area contributed by atoms with Crippen molar-refractivity contribution < 1.29 is 9.59 Å². The molecule has 0 bridgehead atoms. The van der Waals surface area contributed by atoms with Crippen LogP contribution in [0.25, 0.3) is 10.2 Å². The minimum Gasteiger partial charge on any atom is -0.299 e. The number of fused-ring (bicyclic) bond motifs is 4. The summed E-state index contributed by atoms with van der Waals surface area (Å²) in [5.74, 6) is -0.512. The highest BCUT2D eigenvalue weighted by Crippen LogP contribution is 2.33. The third-order valence-corrected chi connectivity index (χ3v) is 6.80. The molecule has 7 heteroatoms. The van der Waals surface area contributed by atoms with E-state index in [9.17, 15) is 14.4 Å². The van der Waals surface area contributed by atoms with E-state index in [0.717, 1.165) is 29.5 Å². The molecule has 2 aliphatic rings. The summed E-state index contributed by atoms with van der Waals surface area (Å²) in [5, 5.41) is 0.767. The summed E-state index contributed by atoms with van der Waals surface area (Å²) in [7, 11) is 0. The number of hydrogen-bond donors (Lipinski definition) is 0. The van der Waals surface area contributed by atoms with Gasteiger partial charge in [0.15, 0.2) is 0 Å². The van der Waals surface area contributed by atoms with Crippen LogP contribution in [0, 0.1) is 0 Å². The maximum absolute atomic E-state index is 13.0. The Morgan fingerprint density at radius 3 is 2.43 bits per heavy atom. The fraction of sp³-hybridized carbons (Fsp3) is 0.333. The summed E-state index contributed by atoms with van der Waals surface area (Å²) in [6.07, 6.45) is 6.39. The molecule has 0 unspecified atom stereocenters. The first-order valence-corrected chi connectivity index (χ1v) is 10.4. The molecule has 6 nitrogen and oxygen atoms in total. The Bertz CT molecular complexity index is 1140. The van der Waals surface area contributed by atoms with Gasteiger partial charge in [-0.2, -0.15) is 0 Å². The largest absolute Gasteiger partial charge is 0.299 e. The Kier molecular flexibility index (Phi) is 4.12. The minimum atomic E-state index is -0.256. The lowest BCUT2D eigenvalue weighted by molar-refractivity contribution is 0.0650. The number of nitrogens with zero attached hydrogens (tertiary/aromatic N) is 3. The first-order chi connectivity index (χ1) is 13.6. The Labute approximate surface area is 165 Å². The van der Waals surface area contributed by atoms with Crippen molar-refractivity contribution in [1.29, 1.82) is 0 Å². The molecule has 0 saturated heterocycles. The molecule has 0 spiro atoms. The van der Waals surface area contributed by atoms with Crippen LogP contribution >= 0.6 is 11.3 Å². The number of carbonyl (C=O) groups is 2. The van der Waals surface area contributed by atoms with Crippen LogP contribution in [0.15, 0.2) is 35.4 Å². The van der Waals surface area contributed by atoms with E-state index in [1.165, 1.54) is 21.8 Å². The first kappa shape index (κ1) is 17.3. The molecule has 0 radical (unpaired) electrons. The zero-order valence-electron chi connectivity index (χ0n) is 15.3. The molecule has 142 valence electrons. The molecule has 3 heterocycles. The highest BCUT2D eigenvalue weighted by Gasteiger charge is 2.34. The number of imide groups is 1. The van der Waals surface area contributed by atoms with Crippen LogP contribution in [-0.4, -0.2) is 32.8 Å². The van der Waals surface area contributed by atoms with Gasteiger partial charge in [0.05, 0.1) is 22.8 Å². The van der Waals surface area contributed by atoms with Crippen LogP contribution in [0.1, 0.15) is 50.4 Å². The van der Waals surface area contributed by atoms with E-state index < -0.39 is 0 Å². The van der Waals surface area contributed by atoms with E-state index in [4.69, 9.17) is 0 Å². The molecule has 0 N–H and O–H groups in total. The summed E-state index contributed by atoms with van der Waals surface area (Å²) < 4.78 is 1.61. The van der Waals surface area contributed by atoms with Crippen molar-refractivity contribution in [2.24, 2.45) is 0 Å². The SMILES string of the molecule is O=C1c2ccccc2C(=O)N1CCCn1cnc2sc3c(c2c1=O)CCCC3. The number of rotatable bonds is 4. The van der Waals surface area contributed by atoms with Crippen molar-refractivity contribution in [3.05, 3.63) is 62.5 Å². The number of hydrogen-bond acceptors (Lipinski definition) is 5. The maximum atomic E-state index is 13.0. The lowest BCUT2D eigenvalue weighted by Crippen LogP contribution is -2.32. The molecule has 2 aromatic heterocycles. The second-order valence-corrected chi connectivity index (χ2v) is 8.38. The molecule has 28 heavy (non-hydrogen) atoms. The van der Waals surface area contributed by atoms with Crippen LogP contribution in [0.5, 0.6) is 0 Å². The van der Waals surface area contributed by atoms with Gasteiger partial charge in [0, 0.05) is 18.0 Å². The molecule has 0 atom stereocenters. The molecule has 0 saturated carbocycles. The van der Waals surface area contributed by atoms with Crippen molar-refractivity contribution in [2.45, 2.75) is 38.6 Å². The van der Waals surface area contributed by atoms with Gasteiger partial charge in [0.25, 0.3) is 17.4 Å². The second kappa shape index (κ2) is 6.67. The zero-order valence-corrected chi connectivity index (χ0v) is 16.1. The Morgan fingerprint density at radius 2 is 1.68 bits per heavy atom. The van der Waals surface area contributed by atoms with E-state index in [1.54, 1.807) is 46.5 Å². The minimum absolute atomic E-state index is 0.00763. The Morgan fingerprint density at radius 1 is 0.964 bits per heavy atom. The molecular weight excluding hydrogens is 374 g/mol. The normalized spacial score (nSPS) is 15.9. The quantitative estimate of drug-likeness (QED) is 0.639.